The third-order valence-corrected chi connectivity index (χ3v) is 3.67. The molecule has 1 unspecified atom stereocenters. The summed E-state index contributed by atoms with van der Waals surface area (Å²) in [5.41, 5.74) is 0. The second-order valence-corrected chi connectivity index (χ2v) is 5.35. The largest absolute Gasteiger partial charge is 0.481 e. The van der Waals surface area contributed by atoms with Crippen LogP contribution in [0.4, 0.5) is 4.79 Å². The molecule has 0 aromatic heterocycles. The second-order valence-electron chi connectivity index (χ2n) is 5.35. The van der Waals surface area contributed by atoms with Gasteiger partial charge in [0, 0.05) is 19.7 Å². The molecule has 1 aliphatic rings. The Bertz CT molecular complexity index is 302. The lowest BCUT2D eigenvalue weighted by Crippen LogP contribution is -2.45. The van der Waals surface area contributed by atoms with Gasteiger partial charge in [-0.1, -0.05) is 32.1 Å². The van der Waals surface area contributed by atoms with Crippen molar-refractivity contribution in [2.75, 3.05) is 13.7 Å². The number of nitrogens with one attached hydrogen (secondary N) is 2. The van der Waals surface area contributed by atoms with Crippen molar-refractivity contribution < 1.29 is 19.4 Å². The quantitative estimate of drug-likeness (QED) is 0.696. The van der Waals surface area contributed by atoms with E-state index in [1.165, 1.54) is 26.4 Å². The fraction of sp³-hybridized carbons (Fsp3) is 0.857. The number of carboxylic acids is 1. The molecular formula is C14H26N2O4. The van der Waals surface area contributed by atoms with Gasteiger partial charge < -0.3 is 20.5 Å². The van der Waals surface area contributed by atoms with E-state index in [-0.39, 0.29) is 25.0 Å². The first kappa shape index (κ1) is 16.8. The van der Waals surface area contributed by atoms with Gasteiger partial charge in [0.15, 0.2) is 0 Å². The first-order valence-corrected chi connectivity index (χ1v) is 7.40. The third kappa shape index (κ3) is 7.33. The van der Waals surface area contributed by atoms with Crippen LogP contribution in [0.2, 0.25) is 0 Å². The van der Waals surface area contributed by atoms with Crippen LogP contribution in [-0.2, 0) is 9.53 Å². The lowest BCUT2D eigenvalue weighted by atomic mass is 9.97. The molecule has 0 aromatic rings. The molecule has 2 amide bonds. The average Bonchev–Trinajstić information content (AvgIpc) is 2.37. The molecule has 0 bridgehead atoms. The molecule has 1 aliphatic carbocycles. The highest BCUT2D eigenvalue weighted by Crippen LogP contribution is 2.16. The van der Waals surface area contributed by atoms with E-state index in [9.17, 15) is 9.59 Å². The van der Waals surface area contributed by atoms with Crippen molar-refractivity contribution in [1.29, 1.82) is 0 Å². The first-order chi connectivity index (χ1) is 9.61. The minimum Gasteiger partial charge on any atom is -0.481 e. The number of carbonyl (C=O) groups excluding carboxylic acids is 1. The van der Waals surface area contributed by atoms with Crippen LogP contribution in [-0.4, -0.2) is 42.9 Å². The van der Waals surface area contributed by atoms with Gasteiger partial charge in [0.2, 0.25) is 0 Å². The van der Waals surface area contributed by atoms with Crippen LogP contribution in [0.3, 0.4) is 0 Å². The van der Waals surface area contributed by atoms with Gasteiger partial charge in [0.1, 0.15) is 0 Å². The van der Waals surface area contributed by atoms with E-state index < -0.39 is 12.1 Å². The number of rotatable bonds is 6. The van der Waals surface area contributed by atoms with Gasteiger partial charge in [-0.05, 0) is 12.8 Å². The number of aliphatic carboxylic acids is 1. The van der Waals surface area contributed by atoms with Crippen molar-refractivity contribution in [3.8, 4) is 0 Å². The molecule has 6 nitrogen and oxygen atoms in total. The van der Waals surface area contributed by atoms with Crippen LogP contribution >= 0.6 is 0 Å². The van der Waals surface area contributed by atoms with Crippen molar-refractivity contribution in [2.24, 2.45) is 0 Å². The van der Waals surface area contributed by atoms with Crippen molar-refractivity contribution >= 4 is 12.0 Å². The molecule has 1 fully saturated rings. The van der Waals surface area contributed by atoms with Crippen molar-refractivity contribution in [2.45, 2.75) is 63.5 Å². The molecule has 0 radical (unpaired) electrons. The van der Waals surface area contributed by atoms with Crippen molar-refractivity contribution in [3.63, 3.8) is 0 Å². The summed E-state index contributed by atoms with van der Waals surface area (Å²) in [4.78, 5) is 22.4. The van der Waals surface area contributed by atoms with Gasteiger partial charge in [-0.3, -0.25) is 4.79 Å². The molecule has 3 N–H and O–H groups in total. The van der Waals surface area contributed by atoms with E-state index in [4.69, 9.17) is 9.84 Å². The smallest absolute Gasteiger partial charge is 0.315 e. The van der Waals surface area contributed by atoms with Gasteiger partial charge in [0.25, 0.3) is 0 Å². The van der Waals surface area contributed by atoms with Crippen molar-refractivity contribution in [1.82, 2.24) is 10.6 Å². The monoisotopic (exact) mass is 286 g/mol. The number of ether oxygens (including phenoxy) is 1. The molecule has 20 heavy (non-hydrogen) atoms. The summed E-state index contributed by atoms with van der Waals surface area (Å²) in [6, 6.07) is -0.00113. The summed E-state index contributed by atoms with van der Waals surface area (Å²) in [6.07, 6.45) is 7.54. The highest BCUT2D eigenvalue weighted by atomic mass is 16.5. The standard InChI is InChI=1S/C14H26N2O4/c1-20-12(9-13(17)18)10-15-14(19)16-11-7-5-3-2-4-6-8-11/h11-12H,2-10H2,1H3,(H,17,18)(H2,15,16,19). The maximum absolute atomic E-state index is 11.8. The Morgan fingerprint density at radius 3 is 2.35 bits per heavy atom. The molecule has 1 rings (SSSR count). The lowest BCUT2D eigenvalue weighted by molar-refractivity contribution is -0.139. The highest BCUT2D eigenvalue weighted by molar-refractivity contribution is 5.74. The fourth-order valence-corrected chi connectivity index (χ4v) is 2.48. The second kappa shape index (κ2) is 9.58. The Balaban J connectivity index is 2.25. The molecule has 0 saturated heterocycles. The third-order valence-electron chi connectivity index (χ3n) is 3.67. The molecule has 1 saturated carbocycles. The van der Waals surface area contributed by atoms with Crippen LogP contribution in [0.5, 0.6) is 0 Å². The summed E-state index contributed by atoms with van der Waals surface area (Å²) in [7, 11) is 1.45. The van der Waals surface area contributed by atoms with Crippen LogP contribution in [0.1, 0.15) is 51.4 Å². The number of hydrogen-bond acceptors (Lipinski definition) is 3. The van der Waals surface area contributed by atoms with E-state index in [2.05, 4.69) is 10.6 Å². The summed E-state index contributed by atoms with van der Waals surface area (Å²) in [5, 5.41) is 14.3. The van der Waals surface area contributed by atoms with Crippen LogP contribution < -0.4 is 10.6 Å². The zero-order chi connectivity index (χ0) is 14.8. The lowest BCUT2D eigenvalue weighted by Gasteiger charge is -2.22. The Kier molecular flexibility index (Phi) is 8.02. The normalized spacial score (nSPS) is 18.6. The molecule has 0 spiro atoms. The number of carbonyl (C=O) groups is 2. The van der Waals surface area contributed by atoms with E-state index >= 15 is 0 Å². The zero-order valence-corrected chi connectivity index (χ0v) is 12.2. The molecule has 0 aliphatic heterocycles. The molecular weight excluding hydrogens is 260 g/mol. The topological polar surface area (TPSA) is 87.7 Å². The molecule has 116 valence electrons. The number of methoxy groups -OCH3 is 1. The maximum atomic E-state index is 11.8. The Morgan fingerprint density at radius 2 is 1.80 bits per heavy atom. The van der Waals surface area contributed by atoms with E-state index in [1.807, 2.05) is 0 Å². The van der Waals surface area contributed by atoms with Gasteiger partial charge in [0.05, 0.1) is 12.5 Å². The average molecular weight is 286 g/mol. The molecule has 0 heterocycles. The Hall–Kier alpha value is -1.30. The predicted molar refractivity (Wildman–Crippen MR) is 75.7 cm³/mol. The predicted octanol–water partition coefficient (Wildman–Crippen LogP) is 1.89. The maximum Gasteiger partial charge on any atom is 0.315 e. The summed E-state index contributed by atoms with van der Waals surface area (Å²) < 4.78 is 5.01. The molecule has 0 aromatic carbocycles. The van der Waals surface area contributed by atoms with Crippen LogP contribution in [0.25, 0.3) is 0 Å². The Labute approximate surface area is 120 Å². The van der Waals surface area contributed by atoms with E-state index in [0.29, 0.717) is 0 Å². The Morgan fingerprint density at radius 1 is 1.20 bits per heavy atom. The van der Waals surface area contributed by atoms with Gasteiger partial charge in [-0.15, -0.1) is 0 Å². The number of urea groups is 1. The summed E-state index contributed by atoms with van der Waals surface area (Å²) >= 11 is 0. The first-order valence-electron chi connectivity index (χ1n) is 7.40. The number of amides is 2. The van der Waals surface area contributed by atoms with Crippen LogP contribution in [0.15, 0.2) is 0 Å². The van der Waals surface area contributed by atoms with Gasteiger partial charge >= 0.3 is 12.0 Å². The molecule has 1 atom stereocenters. The summed E-state index contributed by atoms with van der Waals surface area (Å²) in [6.45, 7) is 0.210. The number of hydrogen-bond donors (Lipinski definition) is 3. The minimum absolute atomic E-state index is 0.111. The van der Waals surface area contributed by atoms with Gasteiger partial charge in [-0.2, -0.15) is 0 Å². The van der Waals surface area contributed by atoms with Crippen molar-refractivity contribution in [3.05, 3.63) is 0 Å². The SMILES string of the molecule is COC(CNC(=O)NC1CCCCCCC1)CC(=O)O. The van der Waals surface area contributed by atoms with E-state index in [1.54, 1.807) is 0 Å². The zero-order valence-electron chi connectivity index (χ0n) is 12.2. The fourth-order valence-electron chi connectivity index (χ4n) is 2.48. The van der Waals surface area contributed by atoms with E-state index in [0.717, 1.165) is 25.7 Å². The molecule has 6 heteroatoms. The minimum atomic E-state index is -0.931. The van der Waals surface area contributed by atoms with Crippen LogP contribution in [0, 0.1) is 0 Å². The van der Waals surface area contributed by atoms with Gasteiger partial charge in [-0.25, -0.2) is 4.79 Å². The highest BCUT2D eigenvalue weighted by Gasteiger charge is 2.16. The summed E-state index contributed by atoms with van der Waals surface area (Å²) in [5.74, 6) is -0.931. The number of carboxylic acid groups (broad SMARTS) is 1.